The molecule has 8 heteroatoms. The third-order valence-corrected chi connectivity index (χ3v) is 7.96. The largest absolute Gasteiger partial charge is 0.497 e. The molecule has 3 aliphatic heterocycles. The summed E-state index contributed by atoms with van der Waals surface area (Å²) in [4.78, 5) is 14.6. The van der Waals surface area contributed by atoms with Crippen LogP contribution in [0, 0.1) is 5.41 Å². The highest BCUT2D eigenvalue weighted by Crippen LogP contribution is 2.44. The van der Waals surface area contributed by atoms with Crippen molar-refractivity contribution in [3.8, 4) is 5.75 Å². The highest BCUT2D eigenvalue weighted by molar-refractivity contribution is 7.89. The number of carbonyl (C=O) groups excluding carboxylic acids is 1. The molecule has 3 fully saturated rings. The van der Waals surface area contributed by atoms with Crippen molar-refractivity contribution in [3.05, 3.63) is 24.3 Å². The minimum absolute atomic E-state index is 0.0368. The van der Waals surface area contributed by atoms with E-state index in [9.17, 15) is 13.2 Å². The maximum absolute atomic E-state index is 13.0. The van der Waals surface area contributed by atoms with Gasteiger partial charge in [0.25, 0.3) is 0 Å². The van der Waals surface area contributed by atoms with E-state index in [0.29, 0.717) is 25.4 Å². The molecule has 1 unspecified atom stereocenters. The molecule has 26 heavy (non-hydrogen) atoms. The summed E-state index contributed by atoms with van der Waals surface area (Å²) >= 11 is 0. The van der Waals surface area contributed by atoms with Crippen LogP contribution in [0.5, 0.6) is 5.75 Å². The van der Waals surface area contributed by atoms with Crippen LogP contribution in [0.3, 0.4) is 0 Å². The molecule has 3 aliphatic rings. The summed E-state index contributed by atoms with van der Waals surface area (Å²) < 4.78 is 32.6. The molecular formula is C18H25N3O4S. The van der Waals surface area contributed by atoms with Crippen LogP contribution in [0.4, 0.5) is 0 Å². The molecule has 142 valence electrons. The number of amides is 1. The van der Waals surface area contributed by atoms with Crippen LogP contribution < -0.4 is 10.1 Å². The molecule has 0 saturated carbocycles. The van der Waals surface area contributed by atoms with E-state index >= 15 is 0 Å². The number of hydrogen-bond acceptors (Lipinski definition) is 5. The molecule has 1 aromatic carbocycles. The van der Waals surface area contributed by atoms with E-state index in [0.717, 1.165) is 32.4 Å². The minimum Gasteiger partial charge on any atom is -0.497 e. The Hall–Kier alpha value is -1.64. The minimum atomic E-state index is -3.52. The number of ether oxygens (including phenoxy) is 1. The Morgan fingerprint density at radius 3 is 2.69 bits per heavy atom. The van der Waals surface area contributed by atoms with Crippen molar-refractivity contribution in [1.29, 1.82) is 0 Å². The number of carbonyl (C=O) groups is 1. The van der Waals surface area contributed by atoms with Crippen LogP contribution in [-0.4, -0.2) is 69.4 Å². The first-order valence-electron chi connectivity index (χ1n) is 9.10. The average Bonchev–Trinajstić information content (AvgIpc) is 3.01. The van der Waals surface area contributed by atoms with Crippen LogP contribution in [0.2, 0.25) is 0 Å². The van der Waals surface area contributed by atoms with Gasteiger partial charge >= 0.3 is 0 Å². The quantitative estimate of drug-likeness (QED) is 0.835. The first-order chi connectivity index (χ1) is 12.4. The third-order valence-electron chi connectivity index (χ3n) is 6.07. The molecular weight excluding hydrogens is 354 g/mol. The van der Waals surface area contributed by atoms with Gasteiger partial charge in [-0.3, -0.25) is 9.69 Å². The Morgan fingerprint density at radius 1 is 1.23 bits per heavy atom. The molecule has 0 aromatic heterocycles. The van der Waals surface area contributed by atoms with Crippen LogP contribution in [0.1, 0.15) is 19.3 Å². The van der Waals surface area contributed by atoms with E-state index in [4.69, 9.17) is 4.74 Å². The van der Waals surface area contributed by atoms with Gasteiger partial charge < -0.3 is 10.1 Å². The van der Waals surface area contributed by atoms with Gasteiger partial charge in [0.1, 0.15) is 5.75 Å². The highest BCUT2D eigenvalue weighted by atomic mass is 32.2. The van der Waals surface area contributed by atoms with E-state index in [-0.39, 0.29) is 22.3 Å². The maximum Gasteiger partial charge on any atom is 0.243 e. The fraction of sp³-hybridized carbons (Fsp3) is 0.611. The summed E-state index contributed by atoms with van der Waals surface area (Å²) in [6, 6.07) is 6.59. The van der Waals surface area contributed by atoms with E-state index in [1.807, 2.05) is 0 Å². The number of benzene rings is 1. The van der Waals surface area contributed by atoms with Crippen molar-refractivity contribution >= 4 is 15.9 Å². The fourth-order valence-corrected chi connectivity index (χ4v) is 6.03. The van der Waals surface area contributed by atoms with Crippen molar-refractivity contribution in [2.75, 3.05) is 39.8 Å². The van der Waals surface area contributed by atoms with Gasteiger partial charge in [0.05, 0.1) is 18.0 Å². The molecule has 4 rings (SSSR count). The molecule has 1 amide bonds. The number of hydrogen-bond donors (Lipinski definition) is 1. The molecule has 1 atom stereocenters. The molecule has 3 saturated heterocycles. The van der Waals surface area contributed by atoms with Gasteiger partial charge in [0, 0.05) is 38.8 Å². The second kappa shape index (κ2) is 6.51. The lowest BCUT2D eigenvalue weighted by Crippen LogP contribution is -2.52. The molecule has 1 N–H and O–H groups in total. The number of fused-ring (bicyclic) bond motifs is 1. The number of piperazine rings is 1. The highest BCUT2D eigenvalue weighted by Gasteiger charge is 2.49. The molecule has 1 aromatic rings. The van der Waals surface area contributed by atoms with Crippen LogP contribution in [0.15, 0.2) is 29.2 Å². The Labute approximate surface area is 154 Å². The Bertz CT molecular complexity index is 802. The van der Waals surface area contributed by atoms with Crippen molar-refractivity contribution in [3.63, 3.8) is 0 Å². The number of sulfonamides is 1. The second-order valence-corrected chi connectivity index (χ2v) is 9.50. The summed E-state index contributed by atoms with van der Waals surface area (Å²) in [5, 5.41) is 2.94. The van der Waals surface area contributed by atoms with Gasteiger partial charge in [-0.1, -0.05) is 6.07 Å². The van der Waals surface area contributed by atoms with Gasteiger partial charge in [-0.15, -0.1) is 0 Å². The number of rotatable bonds is 3. The number of nitrogens with one attached hydrogen (secondary N) is 1. The van der Waals surface area contributed by atoms with Crippen LogP contribution in [0.25, 0.3) is 0 Å². The first kappa shape index (κ1) is 17.8. The standard InChI is InChI=1S/C18H25N3O4S/c1-25-14-3-2-4-15(11-14)26(23,24)21-8-5-18(6-9-21)12-16-17(22)19-7-10-20(16)13-18/h2-4,11,16H,5-10,12-13H2,1H3,(H,19,22). The normalized spacial score (nSPS) is 26.5. The average molecular weight is 379 g/mol. The van der Waals surface area contributed by atoms with Gasteiger partial charge in [-0.25, -0.2) is 8.42 Å². The van der Waals surface area contributed by atoms with Crippen molar-refractivity contribution in [1.82, 2.24) is 14.5 Å². The molecule has 1 spiro atoms. The topological polar surface area (TPSA) is 79.0 Å². The van der Waals surface area contributed by atoms with Crippen molar-refractivity contribution in [2.24, 2.45) is 5.41 Å². The zero-order valence-corrected chi connectivity index (χ0v) is 15.8. The lowest BCUT2D eigenvalue weighted by atomic mass is 9.77. The molecule has 3 heterocycles. The Morgan fingerprint density at radius 2 is 2.00 bits per heavy atom. The molecule has 0 radical (unpaired) electrons. The summed E-state index contributed by atoms with van der Waals surface area (Å²) in [6.45, 7) is 3.51. The summed E-state index contributed by atoms with van der Waals surface area (Å²) in [5.41, 5.74) is 0.0622. The third kappa shape index (κ3) is 3.00. The number of methoxy groups -OCH3 is 1. The fourth-order valence-electron chi connectivity index (χ4n) is 4.55. The predicted molar refractivity (Wildman–Crippen MR) is 96.4 cm³/mol. The zero-order chi connectivity index (χ0) is 18.4. The predicted octanol–water partition coefficient (Wildman–Crippen LogP) is 0.670. The van der Waals surface area contributed by atoms with Gasteiger partial charge in [0.2, 0.25) is 15.9 Å². The monoisotopic (exact) mass is 379 g/mol. The van der Waals surface area contributed by atoms with Gasteiger partial charge in [0.15, 0.2) is 0 Å². The first-order valence-corrected chi connectivity index (χ1v) is 10.5. The van der Waals surface area contributed by atoms with Crippen molar-refractivity contribution in [2.45, 2.75) is 30.2 Å². The molecule has 7 nitrogen and oxygen atoms in total. The lowest BCUT2D eigenvalue weighted by Gasteiger charge is -2.38. The molecule has 0 bridgehead atoms. The molecule has 0 aliphatic carbocycles. The SMILES string of the molecule is COc1cccc(S(=O)(=O)N2CCC3(CC2)CC2C(=O)NCCN2C3)c1. The summed E-state index contributed by atoms with van der Waals surface area (Å²) in [6.07, 6.45) is 2.44. The van der Waals surface area contributed by atoms with E-state index in [1.165, 1.54) is 7.11 Å². The van der Waals surface area contributed by atoms with E-state index < -0.39 is 10.0 Å². The smallest absolute Gasteiger partial charge is 0.243 e. The van der Waals surface area contributed by atoms with Gasteiger partial charge in [-0.2, -0.15) is 4.31 Å². The number of piperidine rings is 1. The summed E-state index contributed by atoms with van der Waals surface area (Å²) in [7, 11) is -1.99. The lowest BCUT2D eigenvalue weighted by molar-refractivity contribution is -0.127. The van der Waals surface area contributed by atoms with Crippen molar-refractivity contribution < 1.29 is 17.9 Å². The number of nitrogens with zero attached hydrogens (tertiary/aromatic N) is 2. The zero-order valence-electron chi connectivity index (χ0n) is 15.0. The Balaban J connectivity index is 1.47. The van der Waals surface area contributed by atoms with Crippen LogP contribution >= 0.6 is 0 Å². The Kier molecular flexibility index (Phi) is 4.45. The van der Waals surface area contributed by atoms with Gasteiger partial charge in [-0.05, 0) is 36.8 Å². The van der Waals surface area contributed by atoms with E-state index in [1.54, 1.807) is 28.6 Å². The summed E-state index contributed by atoms with van der Waals surface area (Å²) in [5.74, 6) is 0.665. The second-order valence-electron chi connectivity index (χ2n) is 7.56. The van der Waals surface area contributed by atoms with Crippen LogP contribution in [-0.2, 0) is 14.8 Å². The maximum atomic E-state index is 13.0. The van der Waals surface area contributed by atoms with E-state index in [2.05, 4.69) is 10.2 Å².